The molecule has 0 radical (unpaired) electrons. The van der Waals surface area contributed by atoms with Crippen LogP contribution in [0.25, 0.3) is 11.4 Å². The van der Waals surface area contributed by atoms with E-state index in [1.807, 2.05) is 48.9 Å². The van der Waals surface area contributed by atoms with E-state index in [4.69, 9.17) is 5.11 Å². The molecule has 1 aromatic carbocycles. The molecule has 7 heteroatoms. The molecular formula is C14H17N3O2S2. The molecule has 0 unspecified atom stereocenters. The zero-order chi connectivity index (χ0) is 15.4. The highest BCUT2D eigenvalue weighted by Crippen LogP contribution is 2.32. The highest BCUT2D eigenvalue weighted by atomic mass is 32.2. The fraction of sp³-hybridized carbons (Fsp3) is 0.357. The van der Waals surface area contributed by atoms with Gasteiger partial charge in [0.2, 0.25) is 0 Å². The summed E-state index contributed by atoms with van der Waals surface area (Å²) in [6.45, 7) is 4.08. The Kier molecular flexibility index (Phi) is 5.30. The van der Waals surface area contributed by atoms with Crippen molar-refractivity contribution in [1.29, 1.82) is 0 Å². The molecule has 0 saturated carbocycles. The fourth-order valence-corrected chi connectivity index (χ4v) is 3.36. The number of nitrogens with zero attached hydrogens (tertiary/aromatic N) is 3. The van der Waals surface area contributed by atoms with Crippen LogP contribution in [-0.4, -0.2) is 37.8 Å². The molecule has 21 heavy (non-hydrogen) atoms. The van der Waals surface area contributed by atoms with Crippen LogP contribution in [0.5, 0.6) is 0 Å². The summed E-state index contributed by atoms with van der Waals surface area (Å²) in [5, 5.41) is 17.9. The van der Waals surface area contributed by atoms with Gasteiger partial charge >= 0.3 is 5.97 Å². The lowest BCUT2D eigenvalue weighted by Crippen LogP contribution is -2.07. The third-order valence-electron chi connectivity index (χ3n) is 2.85. The van der Waals surface area contributed by atoms with Gasteiger partial charge in [-0.05, 0) is 26.2 Å². The lowest BCUT2D eigenvalue weighted by Gasteiger charge is -2.14. The van der Waals surface area contributed by atoms with Crippen LogP contribution in [0.15, 0.2) is 34.3 Å². The zero-order valence-electron chi connectivity index (χ0n) is 12.1. The lowest BCUT2D eigenvalue weighted by atomic mass is 10.2. The molecule has 0 aliphatic rings. The topological polar surface area (TPSA) is 68.0 Å². The second-order valence-electron chi connectivity index (χ2n) is 4.65. The van der Waals surface area contributed by atoms with Crippen molar-refractivity contribution in [3.05, 3.63) is 24.3 Å². The summed E-state index contributed by atoms with van der Waals surface area (Å²) in [5.41, 5.74) is 1.02. The lowest BCUT2D eigenvalue weighted by molar-refractivity contribution is -0.133. The largest absolute Gasteiger partial charge is 0.481 e. The molecule has 2 rings (SSSR count). The van der Waals surface area contributed by atoms with Gasteiger partial charge in [-0.15, -0.1) is 22.0 Å². The molecule has 0 aliphatic heterocycles. The van der Waals surface area contributed by atoms with Crippen LogP contribution in [-0.2, 0) is 4.79 Å². The van der Waals surface area contributed by atoms with E-state index >= 15 is 0 Å². The SMILES string of the molecule is CSc1ccccc1-c1nnc(SCC(=O)O)n1C(C)C. The van der Waals surface area contributed by atoms with Crippen LogP contribution in [0.2, 0.25) is 0 Å². The van der Waals surface area contributed by atoms with Crippen molar-refractivity contribution in [3.8, 4) is 11.4 Å². The van der Waals surface area contributed by atoms with Crippen molar-refractivity contribution in [2.24, 2.45) is 0 Å². The maximum atomic E-state index is 10.7. The predicted octanol–water partition coefficient (Wildman–Crippen LogP) is 3.42. The number of carboxylic acids is 1. The number of thioether (sulfide) groups is 2. The van der Waals surface area contributed by atoms with Gasteiger partial charge in [0.1, 0.15) is 0 Å². The van der Waals surface area contributed by atoms with Crippen molar-refractivity contribution in [2.75, 3.05) is 12.0 Å². The van der Waals surface area contributed by atoms with Crippen molar-refractivity contribution in [2.45, 2.75) is 29.9 Å². The first kappa shape index (κ1) is 15.9. The molecule has 0 saturated heterocycles. The molecule has 0 bridgehead atoms. The third kappa shape index (κ3) is 3.59. The number of benzene rings is 1. The Bertz CT molecular complexity index is 641. The first-order chi connectivity index (χ1) is 10.0. The van der Waals surface area contributed by atoms with Gasteiger partial charge in [-0.1, -0.05) is 30.0 Å². The van der Waals surface area contributed by atoms with Gasteiger partial charge in [0.05, 0.1) is 5.75 Å². The number of aromatic nitrogens is 3. The monoisotopic (exact) mass is 323 g/mol. The molecule has 0 fully saturated rings. The van der Waals surface area contributed by atoms with E-state index < -0.39 is 5.97 Å². The van der Waals surface area contributed by atoms with Crippen molar-refractivity contribution in [1.82, 2.24) is 14.8 Å². The summed E-state index contributed by atoms with van der Waals surface area (Å²) < 4.78 is 1.99. The zero-order valence-corrected chi connectivity index (χ0v) is 13.7. The van der Waals surface area contributed by atoms with Crippen LogP contribution in [0.1, 0.15) is 19.9 Å². The quantitative estimate of drug-likeness (QED) is 0.822. The summed E-state index contributed by atoms with van der Waals surface area (Å²) in [7, 11) is 0. The standard InChI is InChI=1S/C14H17N3O2S2/c1-9(2)17-13(10-6-4-5-7-11(10)20-3)15-16-14(17)21-8-12(18)19/h4-7,9H,8H2,1-3H3,(H,18,19). The Hall–Kier alpha value is -1.47. The summed E-state index contributed by atoms with van der Waals surface area (Å²) in [6.07, 6.45) is 2.02. The maximum absolute atomic E-state index is 10.7. The van der Waals surface area contributed by atoms with E-state index in [0.29, 0.717) is 5.16 Å². The van der Waals surface area contributed by atoms with Gasteiger partial charge in [-0.25, -0.2) is 0 Å². The normalized spacial score (nSPS) is 11.0. The Morgan fingerprint density at radius 3 is 2.67 bits per heavy atom. The van der Waals surface area contributed by atoms with Gasteiger partial charge in [-0.3, -0.25) is 9.36 Å². The molecule has 0 spiro atoms. The summed E-state index contributed by atoms with van der Waals surface area (Å²) in [5.74, 6) is -0.0955. The van der Waals surface area contributed by atoms with Crippen LogP contribution in [0.4, 0.5) is 0 Å². The molecular weight excluding hydrogens is 306 g/mol. The van der Waals surface area contributed by atoms with Crippen LogP contribution in [0.3, 0.4) is 0 Å². The summed E-state index contributed by atoms with van der Waals surface area (Å²) >= 11 is 2.85. The first-order valence-corrected chi connectivity index (χ1v) is 8.68. The third-order valence-corrected chi connectivity index (χ3v) is 4.58. The van der Waals surface area contributed by atoms with E-state index in [-0.39, 0.29) is 11.8 Å². The van der Waals surface area contributed by atoms with E-state index in [9.17, 15) is 4.79 Å². The number of hydrogen-bond donors (Lipinski definition) is 1. The van der Waals surface area contributed by atoms with Gasteiger partial charge in [0.15, 0.2) is 11.0 Å². The van der Waals surface area contributed by atoms with Crippen LogP contribution >= 0.6 is 23.5 Å². The van der Waals surface area contributed by atoms with Gasteiger partial charge in [0.25, 0.3) is 0 Å². The van der Waals surface area contributed by atoms with Crippen LogP contribution in [0, 0.1) is 0 Å². The summed E-state index contributed by atoms with van der Waals surface area (Å²) in [6, 6.07) is 8.18. The highest BCUT2D eigenvalue weighted by molar-refractivity contribution is 7.99. The second kappa shape index (κ2) is 7.00. The smallest absolute Gasteiger partial charge is 0.313 e. The van der Waals surface area contributed by atoms with E-state index in [0.717, 1.165) is 16.3 Å². The van der Waals surface area contributed by atoms with Crippen molar-refractivity contribution in [3.63, 3.8) is 0 Å². The fourth-order valence-electron chi connectivity index (χ4n) is 1.98. The van der Waals surface area contributed by atoms with Gasteiger partial charge < -0.3 is 5.11 Å². The Morgan fingerprint density at radius 1 is 1.33 bits per heavy atom. The van der Waals surface area contributed by atoms with Gasteiger partial charge in [0, 0.05) is 16.5 Å². The molecule has 5 nitrogen and oxygen atoms in total. The van der Waals surface area contributed by atoms with Gasteiger partial charge in [-0.2, -0.15) is 0 Å². The number of aliphatic carboxylic acids is 1. The van der Waals surface area contributed by atoms with Crippen LogP contribution < -0.4 is 0 Å². The molecule has 1 aromatic heterocycles. The van der Waals surface area contributed by atoms with E-state index in [1.54, 1.807) is 11.8 Å². The Balaban J connectivity index is 2.46. The number of carbonyl (C=O) groups is 1. The Morgan fingerprint density at radius 2 is 2.05 bits per heavy atom. The molecule has 0 aliphatic carbocycles. The molecule has 0 amide bonds. The minimum Gasteiger partial charge on any atom is -0.481 e. The van der Waals surface area contributed by atoms with E-state index in [1.165, 1.54) is 11.8 Å². The molecule has 0 atom stereocenters. The minimum absolute atomic E-state index is 0.0188. The summed E-state index contributed by atoms with van der Waals surface area (Å²) in [4.78, 5) is 11.9. The first-order valence-electron chi connectivity index (χ1n) is 6.47. The second-order valence-corrected chi connectivity index (χ2v) is 6.44. The maximum Gasteiger partial charge on any atom is 0.313 e. The number of carboxylic acid groups (broad SMARTS) is 1. The minimum atomic E-state index is -0.857. The Labute approximate surface area is 132 Å². The molecule has 112 valence electrons. The van der Waals surface area contributed by atoms with Crippen molar-refractivity contribution >= 4 is 29.5 Å². The molecule has 2 aromatic rings. The average Bonchev–Trinajstić information content (AvgIpc) is 2.88. The van der Waals surface area contributed by atoms with E-state index in [2.05, 4.69) is 10.2 Å². The number of rotatable bonds is 6. The average molecular weight is 323 g/mol. The predicted molar refractivity (Wildman–Crippen MR) is 86.0 cm³/mol. The molecule has 1 heterocycles. The number of hydrogen-bond acceptors (Lipinski definition) is 5. The van der Waals surface area contributed by atoms with Crippen molar-refractivity contribution < 1.29 is 9.90 Å². The molecule has 1 N–H and O–H groups in total. The highest BCUT2D eigenvalue weighted by Gasteiger charge is 2.19.